The largest absolute Gasteiger partial charge is 0.486 e. The Morgan fingerprint density at radius 2 is 2.28 bits per heavy atom. The molecule has 1 amide bonds. The number of nitrogens with one attached hydrogen (secondary N) is 1. The third-order valence-corrected chi connectivity index (χ3v) is 2.48. The Morgan fingerprint density at radius 3 is 3.00 bits per heavy atom. The molecule has 0 atom stereocenters. The van der Waals surface area contributed by atoms with E-state index in [-0.39, 0.29) is 6.61 Å². The minimum atomic E-state index is -0.397. The Morgan fingerprint density at radius 1 is 1.44 bits per heavy atom. The van der Waals surface area contributed by atoms with Crippen molar-refractivity contribution in [1.29, 1.82) is 0 Å². The number of nitrogen functional groups attached to an aromatic ring is 1. The van der Waals surface area contributed by atoms with Crippen LogP contribution in [0.15, 0.2) is 41.0 Å². The molecule has 5 nitrogen and oxygen atoms in total. The molecular formula is C13H14N2O3. The van der Waals surface area contributed by atoms with Gasteiger partial charge in [-0.15, -0.1) is 0 Å². The van der Waals surface area contributed by atoms with Gasteiger partial charge in [0.15, 0.2) is 5.76 Å². The van der Waals surface area contributed by atoms with Crippen molar-refractivity contribution in [3.63, 3.8) is 0 Å². The zero-order chi connectivity index (χ0) is 13.0. The number of carbonyl (C=O) groups excluding carboxylic acids is 1. The highest BCUT2D eigenvalue weighted by Crippen LogP contribution is 2.17. The number of nitrogens with two attached hydrogens (primary N) is 1. The summed E-state index contributed by atoms with van der Waals surface area (Å²) in [5, 5.41) is 0. The van der Waals surface area contributed by atoms with Gasteiger partial charge in [0.2, 0.25) is 0 Å². The molecule has 0 radical (unpaired) electrons. The van der Waals surface area contributed by atoms with Gasteiger partial charge < -0.3 is 9.15 Å². The molecule has 0 saturated heterocycles. The number of benzene rings is 1. The molecular weight excluding hydrogens is 232 g/mol. The van der Waals surface area contributed by atoms with E-state index < -0.39 is 5.91 Å². The third-order valence-electron chi connectivity index (χ3n) is 2.48. The van der Waals surface area contributed by atoms with Crippen LogP contribution in [-0.2, 0) is 6.61 Å². The van der Waals surface area contributed by atoms with E-state index in [1.54, 1.807) is 6.07 Å². The monoisotopic (exact) mass is 246 g/mol. The van der Waals surface area contributed by atoms with Crippen LogP contribution in [0.5, 0.6) is 5.75 Å². The molecule has 0 bridgehead atoms. The van der Waals surface area contributed by atoms with Crippen LogP contribution in [0.4, 0.5) is 0 Å². The Labute approximate surface area is 105 Å². The van der Waals surface area contributed by atoms with Crippen LogP contribution in [0.2, 0.25) is 0 Å². The number of hydrogen-bond donors (Lipinski definition) is 2. The number of hydrazine groups is 1. The SMILES string of the molecule is Cc1cccc(OCc2occc2C(=O)NN)c1. The standard InChI is InChI=1S/C13H14N2O3/c1-9-3-2-4-10(7-9)18-8-12-11(5-6-17-12)13(16)15-14/h2-7H,8,14H2,1H3,(H,15,16). The van der Waals surface area contributed by atoms with Gasteiger partial charge in [-0.1, -0.05) is 12.1 Å². The van der Waals surface area contributed by atoms with Crippen molar-refractivity contribution in [2.45, 2.75) is 13.5 Å². The van der Waals surface area contributed by atoms with Crippen LogP contribution < -0.4 is 16.0 Å². The lowest BCUT2D eigenvalue weighted by Gasteiger charge is -2.06. The Hall–Kier alpha value is -2.27. The number of amides is 1. The maximum atomic E-state index is 11.4. The summed E-state index contributed by atoms with van der Waals surface area (Å²) in [6.07, 6.45) is 1.43. The molecule has 0 spiro atoms. The van der Waals surface area contributed by atoms with E-state index in [1.807, 2.05) is 31.2 Å². The fraction of sp³-hybridized carbons (Fsp3) is 0.154. The van der Waals surface area contributed by atoms with E-state index >= 15 is 0 Å². The fourth-order valence-electron chi connectivity index (χ4n) is 1.59. The lowest BCUT2D eigenvalue weighted by molar-refractivity contribution is 0.0949. The van der Waals surface area contributed by atoms with Crippen molar-refractivity contribution < 1.29 is 13.9 Å². The lowest BCUT2D eigenvalue weighted by Crippen LogP contribution is -2.30. The maximum absolute atomic E-state index is 11.4. The second kappa shape index (κ2) is 5.37. The van der Waals surface area contributed by atoms with Crippen LogP contribution in [0.3, 0.4) is 0 Å². The molecule has 94 valence electrons. The first-order chi connectivity index (χ1) is 8.70. The molecule has 18 heavy (non-hydrogen) atoms. The van der Waals surface area contributed by atoms with E-state index in [0.29, 0.717) is 11.3 Å². The molecule has 1 heterocycles. The number of hydrogen-bond acceptors (Lipinski definition) is 4. The molecule has 0 aliphatic rings. The molecule has 0 unspecified atom stereocenters. The van der Waals surface area contributed by atoms with Crippen LogP contribution in [-0.4, -0.2) is 5.91 Å². The first-order valence-corrected chi connectivity index (χ1v) is 5.47. The summed E-state index contributed by atoms with van der Waals surface area (Å²) in [4.78, 5) is 11.4. The second-order valence-electron chi connectivity index (χ2n) is 3.84. The zero-order valence-electron chi connectivity index (χ0n) is 9.97. The van der Waals surface area contributed by atoms with Crippen LogP contribution in [0.25, 0.3) is 0 Å². The van der Waals surface area contributed by atoms with Crippen LogP contribution in [0.1, 0.15) is 21.7 Å². The molecule has 2 rings (SSSR count). The van der Waals surface area contributed by atoms with Crippen molar-refractivity contribution >= 4 is 5.91 Å². The normalized spacial score (nSPS) is 10.1. The van der Waals surface area contributed by atoms with Gasteiger partial charge in [-0.25, -0.2) is 5.84 Å². The number of aryl methyl sites for hydroxylation is 1. The average molecular weight is 246 g/mol. The van der Waals surface area contributed by atoms with E-state index in [2.05, 4.69) is 5.43 Å². The minimum Gasteiger partial charge on any atom is -0.486 e. The summed E-state index contributed by atoms with van der Waals surface area (Å²) in [6.45, 7) is 2.16. The number of furan rings is 1. The Balaban J connectivity index is 2.07. The predicted molar refractivity (Wildman–Crippen MR) is 65.9 cm³/mol. The Kier molecular flexibility index (Phi) is 3.64. The average Bonchev–Trinajstić information content (AvgIpc) is 2.84. The first-order valence-electron chi connectivity index (χ1n) is 5.47. The molecule has 3 N–H and O–H groups in total. The van der Waals surface area contributed by atoms with Crippen LogP contribution >= 0.6 is 0 Å². The molecule has 1 aromatic carbocycles. The summed E-state index contributed by atoms with van der Waals surface area (Å²) in [5.74, 6) is 5.85. The highest BCUT2D eigenvalue weighted by atomic mass is 16.5. The van der Waals surface area contributed by atoms with Crippen molar-refractivity contribution in [3.05, 3.63) is 53.5 Å². The number of ether oxygens (including phenoxy) is 1. The van der Waals surface area contributed by atoms with Gasteiger partial charge in [0.25, 0.3) is 5.91 Å². The minimum absolute atomic E-state index is 0.180. The van der Waals surface area contributed by atoms with E-state index in [1.165, 1.54) is 6.26 Å². The van der Waals surface area contributed by atoms with Gasteiger partial charge in [-0.3, -0.25) is 10.2 Å². The summed E-state index contributed by atoms with van der Waals surface area (Å²) in [7, 11) is 0. The quantitative estimate of drug-likeness (QED) is 0.489. The number of carbonyl (C=O) groups is 1. The predicted octanol–water partition coefficient (Wildman–Crippen LogP) is 1.77. The molecule has 0 saturated carbocycles. The second-order valence-corrected chi connectivity index (χ2v) is 3.84. The summed E-state index contributed by atoms with van der Waals surface area (Å²) >= 11 is 0. The van der Waals surface area contributed by atoms with Crippen molar-refractivity contribution in [2.24, 2.45) is 5.84 Å². The van der Waals surface area contributed by atoms with E-state index in [9.17, 15) is 4.79 Å². The van der Waals surface area contributed by atoms with Crippen LogP contribution in [0, 0.1) is 6.92 Å². The van der Waals surface area contributed by atoms with Gasteiger partial charge in [-0.05, 0) is 30.7 Å². The van der Waals surface area contributed by atoms with Crippen molar-refractivity contribution in [3.8, 4) is 5.75 Å². The first kappa shape index (κ1) is 12.2. The van der Waals surface area contributed by atoms with Gasteiger partial charge in [0.05, 0.1) is 11.8 Å². The molecule has 0 aliphatic heterocycles. The summed E-state index contributed by atoms with van der Waals surface area (Å²) < 4.78 is 10.8. The lowest BCUT2D eigenvalue weighted by atomic mass is 10.2. The van der Waals surface area contributed by atoms with Gasteiger partial charge >= 0.3 is 0 Å². The van der Waals surface area contributed by atoms with Gasteiger partial charge in [0, 0.05) is 0 Å². The zero-order valence-corrected chi connectivity index (χ0v) is 9.97. The maximum Gasteiger partial charge on any atom is 0.268 e. The van der Waals surface area contributed by atoms with E-state index in [4.69, 9.17) is 15.0 Å². The third kappa shape index (κ3) is 2.70. The van der Waals surface area contributed by atoms with Gasteiger partial charge in [-0.2, -0.15) is 0 Å². The smallest absolute Gasteiger partial charge is 0.268 e. The molecule has 1 aromatic heterocycles. The summed E-state index contributed by atoms with van der Waals surface area (Å²) in [6, 6.07) is 9.19. The summed E-state index contributed by atoms with van der Waals surface area (Å²) in [5.41, 5.74) is 3.54. The highest BCUT2D eigenvalue weighted by Gasteiger charge is 2.13. The van der Waals surface area contributed by atoms with Crippen molar-refractivity contribution in [2.75, 3.05) is 0 Å². The Bertz CT molecular complexity index is 549. The van der Waals surface area contributed by atoms with E-state index in [0.717, 1.165) is 11.3 Å². The molecule has 5 heteroatoms. The molecule has 0 fully saturated rings. The topological polar surface area (TPSA) is 77.5 Å². The highest BCUT2D eigenvalue weighted by molar-refractivity contribution is 5.94. The fourth-order valence-corrected chi connectivity index (χ4v) is 1.59. The molecule has 0 aliphatic carbocycles. The molecule has 2 aromatic rings. The number of rotatable bonds is 4. The van der Waals surface area contributed by atoms with Gasteiger partial charge in [0.1, 0.15) is 12.4 Å². The van der Waals surface area contributed by atoms with Crippen molar-refractivity contribution in [1.82, 2.24) is 5.43 Å².